The third-order valence-corrected chi connectivity index (χ3v) is 1.57. The van der Waals surface area contributed by atoms with Crippen molar-refractivity contribution in [3.05, 3.63) is 18.2 Å². The average Bonchev–Trinajstić information content (AvgIpc) is 2.04. The first-order valence-corrected chi connectivity index (χ1v) is 3.51. The van der Waals surface area contributed by atoms with Crippen LogP contribution in [-0.4, -0.2) is 32.0 Å². The molecule has 0 amide bonds. The Morgan fingerprint density at radius 3 is 2.31 bits per heavy atom. The zero-order chi connectivity index (χ0) is 7.68. The summed E-state index contributed by atoms with van der Waals surface area (Å²) in [5.41, 5.74) is 0.703. The predicted octanol–water partition coefficient (Wildman–Crippen LogP) is -0.102. The van der Waals surface area contributed by atoms with E-state index >= 15 is 0 Å². The summed E-state index contributed by atoms with van der Waals surface area (Å²) in [7, 11) is 5.55. The van der Waals surface area contributed by atoms with E-state index in [0.29, 0.717) is 18.7 Å². The molecule has 68 valence electrons. The van der Waals surface area contributed by atoms with Crippen molar-refractivity contribution >= 4 is 13.3 Å². The van der Waals surface area contributed by atoms with Crippen LogP contribution in [0.1, 0.15) is 0 Å². The van der Waals surface area contributed by atoms with Crippen LogP contribution >= 0.6 is 0 Å². The fourth-order valence-electron chi connectivity index (χ4n) is 1.06. The molecule has 0 aromatic heterocycles. The Morgan fingerprint density at radius 2 is 1.62 bits per heavy atom. The maximum absolute atomic E-state index is 5.55. The Morgan fingerprint density at radius 1 is 1.00 bits per heavy atom. The van der Waals surface area contributed by atoms with E-state index in [9.17, 15) is 0 Å². The van der Waals surface area contributed by atoms with Gasteiger partial charge in [0.1, 0.15) is 0 Å². The molecule has 1 aromatic carbocycles. The molecule has 2 rings (SSSR count). The van der Waals surface area contributed by atoms with Crippen molar-refractivity contribution in [3.63, 3.8) is 0 Å². The van der Waals surface area contributed by atoms with E-state index in [0.717, 1.165) is 11.5 Å². The molecule has 0 fully saturated rings. The largest absolute Gasteiger partial charge is 0.870 e. The van der Waals surface area contributed by atoms with Crippen LogP contribution in [0.5, 0.6) is 11.5 Å². The van der Waals surface area contributed by atoms with Crippen LogP contribution in [0.25, 0.3) is 0 Å². The van der Waals surface area contributed by atoms with Gasteiger partial charge in [-0.05, 0) is 0 Å². The van der Waals surface area contributed by atoms with E-state index in [-0.39, 0.29) is 11.0 Å². The van der Waals surface area contributed by atoms with Crippen molar-refractivity contribution in [2.45, 2.75) is 0 Å². The SMILES string of the molecule is [B+2]c1ccc2c(c1)OCCO2.[OH-].[OH-]. The summed E-state index contributed by atoms with van der Waals surface area (Å²) in [4.78, 5) is 0. The maximum Gasteiger partial charge on any atom is -0.870 e. The summed E-state index contributed by atoms with van der Waals surface area (Å²) in [6.07, 6.45) is 0. The van der Waals surface area contributed by atoms with E-state index in [2.05, 4.69) is 0 Å². The van der Waals surface area contributed by atoms with Crippen molar-refractivity contribution in [1.82, 2.24) is 0 Å². The molecule has 13 heavy (non-hydrogen) atoms. The number of benzene rings is 1. The minimum absolute atomic E-state index is 0. The van der Waals surface area contributed by atoms with Gasteiger partial charge in [-0.2, -0.15) is 0 Å². The molecule has 0 unspecified atom stereocenters. The van der Waals surface area contributed by atoms with Crippen molar-refractivity contribution in [1.29, 1.82) is 0 Å². The fourth-order valence-corrected chi connectivity index (χ4v) is 1.06. The number of rotatable bonds is 0. The molecule has 0 saturated heterocycles. The van der Waals surface area contributed by atoms with Gasteiger partial charge in [0.25, 0.3) is 0 Å². The zero-order valence-electron chi connectivity index (χ0n) is 6.93. The summed E-state index contributed by atoms with van der Waals surface area (Å²) < 4.78 is 10.6. The van der Waals surface area contributed by atoms with Crippen LogP contribution in [0.2, 0.25) is 0 Å². The molecular weight excluding hydrogens is 171 g/mol. The Bertz CT molecular complexity index is 277. The van der Waals surface area contributed by atoms with Gasteiger partial charge in [0.2, 0.25) is 0 Å². The van der Waals surface area contributed by atoms with E-state index in [1.165, 1.54) is 0 Å². The zero-order valence-corrected chi connectivity index (χ0v) is 6.93. The molecule has 5 heteroatoms. The van der Waals surface area contributed by atoms with E-state index < -0.39 is 0 Å². The molecule has 0 spiro atoms. The Balaban J connectivity index is 0.000000720. The predicted molar refractivity (Wildman–Crippen MR) is 46.7 cm³/mol. The molecule has 1 heterocycles. The summed E-state index contributed by atoms with van der Waals surface area (Å²) in [6.45, 7) is 1.23. The van der Waals surface area contributed by atoms with Crippen molar-refractivity contribution in [3.8, 4) is 11.5 Å². The number of hydrogen-bond donors (Lipinski definition) is 0. The molecule has 4 nitrogen and oxygen atoms in total. The second-order valence-electron chi connectivity index (χ2n) is 2.40. The van der Waals surface area contributed by atoms with Gasteiger partial charge >= 0.3 is 65.7 Å². The molecule has 0 aliphatic carbocycles. The molecular formula is C8H9BO4. The van der Waals surface area contributed by atoms with Crippen LogP contribution in [0.15, 0.2) is 18.2 Å². The van der Waals surface area contributed by atoms with Crippen LogP contribution in [-0.2, 0) is 0 Å². The topological polar surface area (TPSA) is 78.5 Å². The summed E-state index contributed by atoms with van der Waals surface area (Å²) >= 11 is 0. The van der Waals surface area contributed by atoms with Crippen LogP contribution in [0.4, 0.5) is 0 Å². The molecule has 0 saturated carbocycles. The standard InChI is InChI=1S/C8H7BO2.2H2O/c9-6-1-2-7-8(5-6)11-4-3-10-7;;/h1-2,5H,3-4H2;2*1H2/q+2;;/p-2. The molecule has 2 N–H and O–H groups in total. The number of ether oxygens (including phenoxy) is 2. The first kappa shape index (κ1) is 11.8. The summed E-state index contributed by atoms with van der Waals surface area (Å²) in [5.74, 6) is 1.53. The minimum Gasteiger partial charge on any atom is -0.870 e. The Kier molecular flexibility index (Phi) is 4.30. The van der Waals surface area contributed by atoms with Crippen LogP contribution in [0, 0.1) is 0 Å². The molecule has 1 aromatic rings. The smallest absolute Gasteiger partial charge is 0.870 e. The van der Waals surface area contributed by atoms with Gasteiger partial charge in [0.15, 0.2) is 0 Å². The quantitative estimate of drug-likeness (QED) is 0.522. The molecule has 0 bridgehead atoms. The van der Waals surface area contributed by atoms with Crippen LogP contribution < -0.4 is 14.9 Å². The monoisotopic (exact) mass is 180 g/mol. The van der Waals surface area contributed by atoms with Gasteiger partial charge in [-0.1, -0.05) is 0 Å². The van der Waals surface area contributed by atoms with Gasteiger partial charge in [0, 0.05) is 0 Å². The average molecular weight is 180 g/mol. The second-order valence-corrected chi connectivity index (χ2v) is 2.40. The van der Waals surface area contributed by atoms with Crippen molar-refractivity contribution in [2.24, 2.45) is 0 Å². The first-order valence-electron chi connectivity index (χ1n) is 3.51. The minimum atomic E-state index is 0. The summed E-state index contributed by atoms with van der Waals surface area (Å²) in [6, 6.07) is 5.39. The Labute approximate surface area is 77.5 Å². The third-order valence-electron chi connectivity index (χ3n) is 1.57. The van der Waals surface area contributed by atoms with Gasteiger partial charge in [-0.25, -0.2) is 0 Å². The number of fused-ring (bicyclic) bond motifs is 1. The normalized spacial score (nSPS) is 12.5. The molecule has 0 atom stereocenters. The van der Waals surface area contributed by atoms with E-state index in [1.807, 2.05) is 6.07 Å². The van der Waals surface area contributed by atoms with Gasteiger partial charge < -0.3 is 11.0 Å². The molecule has 1 aliphatic heterocycles. The maximum atomic E-state index is 5.55. The fraction of sp³-hybridized carbons (Fsp3) is 0.250. The second kappa shape index (κ2) is 4.74. The molecule has 0 radical (unpaired) electrons. The van der Waals surface area contributed by atoms with Gasteiger partial charge in [-0.15, -0.1) is 0 Å². The number of hydrogen-bond acceptors (Lipinski definition) is 4. The summed E-state index contributed by atoms with van der Waals surface area (Å²) in [5, 5.41) is 0. The third kappa shape index (κ3) is 2.37. The van der Waals surface area contributed by atoms with Crippen molar-refractivity contribution < 1.29 is 20.4 Å². The first-order chi connectivity index (χ1) is 5.36. The van der Waals surface area contributed by atoms with Gasteiger partial charge in [0.05, 0.1) is 0 Å². The van der Waals surface area contributed by atoms with E-state index in [4.69, 9.17) is 17.3 Å². The van der Waals surface area contributed by atoms with Gasteiger partial charge in [-0.3, -0.25) is 0 Å². The van der Waals surface area contributed by atoms with Crippen LogP contribution in [0.3, 0.4) is 0 Å². The van der Waals surface area contributed by atoms with Crippen molar-refractivity contribution in [2.75, 3.05) is 13.2 Å². The van der Waals surface area contributed by atoms with E-state index in [1.54, 1.807) is 12.1 Å². The molecule has 1 aliphatic rings. The Hall–Kier alpha value is -1.20.